The summed E-state index contributed by atoms with van der Waals surface area (Å²) in [5.41, 5.74) is 6.29. The number of rotatable bonds is 6. The van der Waals surface area contributed by atoms with Gasteiger partial charge in [-0.3, -0.25) is 4.79 Å². The molecule has 18 heavy (non-hydrogen) atoms. The molecule has 0 bridgehead atoms. The lowest BCUT2D eigenvalue weighted by atomic mass is 10.1. The van der Waals surface area contributed by atoms with Crippen LogP contribution in [0.1, 0.15) is 37.6 Å². The first-order chi connectivity index (χ1) is 8.54. The summed E-state index contributed by atoms with van der Waals surface area (Å²) in [6, 6.07) is 0. The molecule has 0 aliphatic carbocycles. The molecule has 0 saturated carbocycles. The molecule has 0 radical (unpaired) electrons. The van der Waals surface area contributed by atoms with Crippen molar-refractivity contribution in [3.8, 4) is 0 Å². The van der Waals surface area contributed by atoms with Crippen LogP contribution in [0.25, 0.3) is 0 Å². The number of hydrogen-bond acceptors (Lipinski definition) is 5. The van der Waals surface area contributed by atoms with Crippen LogP contribution in [0.4, 0.5) is 10.8 Å². The monoisotopic (exact) mass is 270 g/mol. The van der Waals surface area contributed by atoms with Gasteiger partial charge in [0.15, 0.2) is 5.82 Å². The van der Waals surface area contributed by atoms with Gasteiger partial charge in [-0.2, -0.15) is 4.37 Å². The van der Waals surface area contributed by atoms with Gasteiger partial charge in [-0.05, 0) is 24.4 Å². The smallest absolute Gasteiger partial charge is 0.257 e. The fourth-order valence-electron chi connectivity index (χ4n) is 1.71. The lowest BCUT2D eigenvalue weighted by molar-refractivity contribution is 0.0964. The van der Waals surface area contributed by atoms with Crippen LogP contribution in [-0.2, 0) is 0 Å². The van der Waals surface area contributed by atoms with Gasteiger partial charge >= 0.3 is 0 Å². The minimum absolute atomic E-state index is 0.168. The Morgan fingerprint density at radius 1 is 1.56 bits per heavy atom. The third-order valence-corrected chi connectivity index (χ3v) is 3.98. The molecule has 6 heteroatoms. The molecule has 1 amide bonds. The van der Waals surface area contributed by atoms with Crippen molar-refractivity contribution < 1.29 is 4.79 Å². The zero-order chi connectivity index (χ0) is 13.7. The van der Waals surface area contributed by atoms with Gasteiger partial charge in [-0.25, -0.2) is 0 Å². The van der Waals surface area contributed by atoms with Gasteiger partial charge in [-0.15, -0.1) is 0 Å². The summed E-state index contributed by atoms with van der Waals surface area (Å²) in [6.45, 7) is 8.20. The SMILES string of the molecule is CCC(C)CN(CC)c1snc(N)c1C(=O)NC. The fourth-order valence-corrected chi connectivity index (χ4v) is 2.59. The molecule has 1 aromatic rings. The highest BCUT2D eigenvalue weighted by atomic mass is 32.1. The quantitative estimate of drug-likeness (QED) is 0.829. The van der Waals surface area contributed by atoms with Crippen LogP contribution in [-0.4, -0.2) is 30.4 Å². The second kappa shape index (κ2) is 6.58. The Hall–Kier alpha value is -1.30. The summed E-state index contributed by atoms with van der Waals surface area (Å²) in [7, 11) is 1.61. The lowest BCUT2D eigenvalue weighted by Gasteiger charge is -2.25. The Morgan fingerprint density at radius 2 is 2.22 bits per heavy atom. The number of hydrogen-bond donors (Lipinski definition) is 2. The number of carbonyl (C=O) groups excluding carboxylic acids is 1. The van der Waals surface area contributed by atoms with Gasteiger partial charge in [0.1, 0.15) is 10.6 Å². The summed E-state index contributed by atoms with van der Waals surface area (Å²) in [5, 5.41) is 3.49. The van der Waals surface area contributed by atoms with E-state index in [4.69, 9.17) is 5.73 Å². The summed E-state index contributed by atoms with van der Waals surface area (Å²) in [4.78, 5) is 14.0. The van der Waals surface area contributed by atoms with E-state index in [0.717, 1.165) is 24.5 Å². The number of nitrogens with one attached hydrogen (secondary N) is 1. The second-order valence-electron chi connectivity index (χ2n) is 4.38. The third kappa shape index (κ3) is 3.13. The van der Waals surface area contributed by atoms with Gasteiger partial charge in [-0.1, -0.05) is 20.3 Å². The predicted octanol–water partition coefficient (Wildman–Crippen LogP) is 1.96. The van der Waals surface area contributed by atoms with Gasteiger partial charge in [0.2, 0.25) is 0 Å². The maximum atomic E-state index is 11.8. The van der Waals surface area contributed by atoms with E-state index in [0.29, 0.717) is 17.3 Å². The van der Waals surface area contributed by atoms with Crippen LogP contribution in [0.15, 0.2) is 0 Å². The molecule has 0 aliphatic heterocycles. The Balaban J connectivity index is 3.02. The summed E-state index contributed by atoms with van der Waals surface area (Å²) >= 11 is 1.30. The molecule has 1 atom stereocenters. The van der Waals surface area contributed by atoms with Gasteiger partial charge in [0, 0.05) is 20.1 Å². The largest absolute Gasteiger partial charge is 0.382 e. The molecule has 1 unspecified atom stereocenters. The number of amides is 1. The number of nitrogens with zero attached hydrogens (tertiary/aromatic N) is 2. The standard InChI is InChI=1S/C12H22N4OS/c1-5-8(3)7-16(6-2)12-9(11(17)14-4)10(13)15-18-12/h8H,5-7H2,1-4H3,(H2,13,15)(H,14,17). The van der Waals surface area contributed by atoms with E-state index < -0.39 is 0 Å². The first-order valence-electron chi connectivity index (χ1n) is 6.27. The predicted molar refractivity (Wildman–Crippen MR) is 77.3 cm³/mol. The molecule has 0 spiro atoms. The molecule has 0 saturated heterocycles. The average molecular weight is 270 g/mol. The third-order valence-electron chi connectivity index (χ3n) is 3.05. The maximum Gasteiger partial charge on any atom is 0.257 e. The van der Waals surface area contributed by atoms with Crippen molar-refractivity contribution in [1.82, 2.24) is 9.69 Å². The Kier molecular flexibility index (Phi) is 5.40. The molecule has 0 aliphatic rings. The number of nitrogens with two attached hydrogens (primary N) is 1. The molecule has 102 valence electrons. The van der Waals surface area contributed by atoms with Crippen LogP contribution >= 0.6 is 11.5 Å². The van der Waals surface area contributed by atoms with Crippen LogP contribution in [0.2, 0.25) is 0 Å². The normalized spacial score (nSPS) is 12.2. The zero-order valence-corrected chi connectivity index (χ0v) is 12.3. The minimum atomic E-state index is -0.168. The highest BCUT2D eigenvalue weighted by molar-refractivity contribution is 7.11. The minimum Gasteiger partial charge on any atom is -0.382 e. The molecule has 0 aromatic carbocycles. The summed E-state index contributed by atoms with van der Waals surface area (Å²) in [6.07, 6.45) is 1.11. The summed E-state index contributed by atoms with van der Waals surface area (Å²) < 4.78 is 4.10. The first-order valence-corrected chi connectivity index (χ1v) is 7.04. The van der Waals surface area contributed by atoms with E-state index in [9.17, 15) is 4.79 Å². The first kappa shape index (κ1) is 14.8. The van der Waals surface area contributed by atoms with Crippen molar-refractivity contribution >= 4 is 28.3 Å². The van der Waals surface area contributed by atoms with Crippen molar-refractivity contribution in [1.29, 1.82) is 0 Å². The molecular formula is C12H22N4OS. The molecule has 1 aromatic heterocycles. The van der Waals surface area contributed by atoms with Crippen LogP contribution in [0.5, 0.6) is 0 Å². The summed E-state index contributed by atoms with van der Waals surface area (Å²) in [5.74, 6) is 0.724. The lowest BCUT2D eigenvalue weighted by Crippen LogP contribution is -2.30. The molecule has 0 fully saturated rings. The van der Waals surface area contributed by atoms with E-state index in [1.165, 1.54) is 11.5 Å². The molecule has 1 heterocycles. The van der Waals surface area contributed by atoms with E-state index in [2.05, 4.69) is 35.4 Å². The van der Waals surface area contributed by atoms with Crippen molar-refractivity contribution in [3.63, 3.8) is 0 Å². The number of nitrogen functional groups attached to an aromatic ring is 1. The molecular weight excluding hydrogens is 248 g/mol. The van der Waals surface area contributed by atoms with Gasteiger partial charge in [0.25, 0.3) is 5.91 Å². The topological polar surface area (TPSA) is 71.2 Å². The van der Waals surface area contributed by atoms with Crippen LogP contribution < -0.4 is 16.0 Å². The molecule has 1 rings (SSSR count). The average Bonchev–Trinajstić information content (AvgIpc) is 2.76. The Bertz CT molecular complexity index is 405. The van der Waals surface area contributed by atoms with E-state index in [1.807, 2.05) is 0 Å². The van der Waals surface area contributed by atoms with Crippen LogP contribution in [0.3, 0.4) is 0 Å². The van der Waals surface area contributed by atoms with Crippen LogP contribution in [0, 0.1) is 5.92 Å². The van der Waals surface area contributed by atoms with Crippen molar-refractivity contribution in [3.05, 3.63) is 5.56 Å². The van der Waals surface area contributed by atoms with Crippen molar-refractivity contribution in [2.45, 2.75) is 27.2 Å². The maximum absolute atomic E-state index is 11.8. The van der Waals surface area contributed by atoms with Gasteiger partial charge in [0.05, 0.1) is 0 Å². The van der Waals surface area contributed by atoms with E-state index in [1.54, 1.807) is 7.05 Å². The Morgan fingerprint density at radius 3 is 2.72 bits per heavy atom. The van der Waals surface area contributed by atoms with Gasteiger partial charge < -0.3 is 16.0 Å². The van der Waals surface area contributed by atoms with Crippen molar-refractivity contribution in [2.75, 3.05) is 30.8 Å². The Labute approximate surface area is 113 Å². The highest BCUT2D eigenvalue weighted by Gasteiger charge is 2.22. The van der Waals surface area contributed by atoms with Crippen molar-refractivity contribution in [2.24, 2.45) is 5.92 Å². The van der Waals surface area contributed by atoms with E-state index in [-0.39, 0.29) is 5.91 Å². The molecule has 3 N–H and O–H groups in total. The molecule has 5 nitrogen and oxygen atoms in total. The highest BCUT2D eigenvalue weighted by Crippen LogP contribution is 2.31. The second-order valence-corrected chi connectivity index (χ2v) is 5.13. The zero-order valence-electron chi connectivity index (χ0n) is 11.5. The number of aromatic nitrogens is 1. The fraction of sp³-hybridized carbons (Fsp3) is 0.667. The number of carbonyl (C=O) groups is 1. The van der Waals surface area contributed by atoms with E-state index >= 15 is 0 Å². The number of anilines is 2.